The maximum Gasteiger partial charge on any atom is 0.135 e. The number of halogens is 1. The zero-order valence-electron chi connectivity index (χ0n) is 10.7. The van der Waals surface area contributed by atoms with E-state index in [-0.39, 0.29) is 18.5 Å². The lowest BCUT2D eigenvalue weighted by Gasteiger charge is -2.22. The topological polar surface area (TPSA) is 38.7 Å². The Kier molecular flexibility index (Phi) is 5.20. The Morgan fingerprint density at radius 3 is 3.05 bits per heavy atom. The summed E-state index contributed by atoms with van der Waals surface area (Å²) >= 11 is 0. The van der Waals surface area contributed by atoms with E-state index in [0.29, 0.717) is 17.9 Å². The molecule has 3 nitrogen and oxygen atoms in total. The second-order valence-corrected chi connectivity index (χ2v) is 4.40. The summed E-state index contributed by atoms with van der Waals surface area (Å²) in [5, 5.41) is 8.69. The molecular weight excluding hydrogens is 247 g/mol. The van der Waals surface area contributed by atoms with Gasteiger partial charge in [0.1, 0.15) is 24.8 Å². The molecule has 0 aromatic heterocycles. The average Bonchev–Trinajstić information content (AvgIpc) is 2.45. The van der Waals surface area contributed by atoms with E-state index in [2.05, 4.69) is 11.8 Å². The van der Waals surface area contributed by atoms with E-state index in [4.69, 9.17) is 14.6 Å². The van der Waals surface area contributed by atoms with Crippen LogP contribution in [0.3, 0.4) is 0 Å². The van der Waals surface area contributed by atoms with E-state index in [1.807, 2.05) is 0 Å². The average molecular weight is 264 g/mol. The van der Waals surface area contributed by atoms with E-state index < -0.39 is 0 Å². The number of hydrogen-bond acceptors (Lipinski definition) is 3. The summed E-state index contributed by atoms with van der Waals surface area (Å²) in [4.78, 5) is 0. The monoisotopic (exact) mass is 264 g/mol. The molecule has 4 heteroatoms. The van der Waals surface area contributed by atoms with Crippen LogP contribution >= 0.6 is 0 Å². The Labute approximate surface area is 112 Å². The summed E-state index contributed by atoms with van der Waals surface area (Å²) in [6, 6.07) is 4.19. The summed E-state index contributed by atoms with van der Waals surface area (Å²) < 4.78 is 24.4. The Bertz CT molecular complexity index is 470. The van der Waals surface area contributed by atoms with Gasteiger partial charge in [-0.05, 0) is 37.5 Å². The first-order valence-corrected chi connectivity index (χ1v) is 6.43. The fourth-order valence-electron chi connectivity index (χ4n) is 1.98. The molecule has 2 rings (SSSR count). The van der Waals surface area contributed by atoms with Gasteiger partial charge in [-0.1, -0.05) is 11.8 Å². The van der Waals surface area contributed by atoms with Gasteiger partial charge in [0, 0.05) is 6.61 Å². The molecule has 1 aromatic rings. The first kappa shape index (κ1) is 13.9. The summed E-state index contributed by atoms with van der Waals surface area (Å²) in [5.74, 6) is 5.34. The molecule has 19 heavy (non-hydrogen) atoms. The maximum atomic E-state index is 13.2. The molecule has 1 heterocycles. The van der Waals surface area contributed by atoms with E-state index >= 15 is 0 Å². The standard InChI is InChI=1S/C15H17FO3/c16-13-6-7-15(12(10-13)4-3-8-17)19-11-14-5-1-2-9-18-14/h6-7,10,14,17H,1-2,5,8-9,11H2. The summed E-state index contributed by atoms with van der Waals surface area (Å²) in [6.07, 6.45) is 3.32. The van der Waals surface area contributed by atoms with E-state index in [0.717, 1.165) is 25.9 Å². The van der Waals surface area contributed by atoms with Crippen LogP contribution in [-0.2, 0) is 4.74 Å². The normalized spacial score (nSPS) is 18.5. The Balaban J connectivity index is 2.02. The van der Waals surface area contributed by atoms with Crippen LogP contribution in [0, 0.1) is 17.7 Å². The highest BCUT2D eigenvalue weighted by Gasteiger charge is 2.15. The van der Waals surface area contributed by atoms with Crippen molar-refractivity contribution in [2.75, 3.05) is 19.8 Å². The summed E-state index contributed by atoms with van der Waals surface area (Å²) in [6.45, 7) is 0.954. The van der Waals surface area contributed by atoms with Crippen molar-refractivity contribution < 1.29 is 19.0 Å². The molecule has 0 radical (unpaired) electrons. The van der Waals surface area contributed by atoms with Crippen LogP contribution in [0.2, 0.25) is 0 Å². The second kappa shape index (κ2) is 7.13. The highest BCUT2D eigenvalue weighted by molar-refractivity contribution is 5.46. The predicted molar refractivity (Wildman–Crippen MR) is 69.4 cm³/mol. The molecule has 0 saturated carbocycles. The smallest absolute Gasteiger partial charge is 0.135 e. The number of hydrogen-bond donors (Lipinski definition) is 1. The molecule has 1 aliphatic heterocycles. The van der Waals surface area contributed by atoms with Crippen molar-refractivity contribution in [3.05, 3.63) is 29.6 Å². The lowest BCUT2D eigenvalue weighted by atomic mass is 10.1. The highest BCUT2D eigenvalue weighted by Crippen LogP contribution is 2.20. The van der Waals surface area contributed by atoms with Crippen molar-refractivity contribution in [1.29, 1.82) is 0 Å². The van der Waals surface area contributed by atoms with Crippen LogP contribution in [0.1, 0.15) is 24.8 Å². The zero-order chi connectivity index (χ0) is 13.5. The molecule has 1 aromatic carbocycles. The van der Waals surface area contributed by atoms with Crippen LogP contribution in [0.15, 0.2) is 18.2 Å². The molecule has 1 saturated heterocycles. The number of aliphatic hydroxyl groups is 1. The van der Waals surface area contributed by atoms with Crippen molar-refractivity contribution in [3.63, 3.8) is 0 Å². The first-order valence-electron chi connectivity index (χ1n) is 6.43. The van der Waals surface area contributed by atoms with Gasteiger partial charge in [-0.3, -0.25) is 0 Å². The van der Waals surface area contributed by atoms with Gasteiger partial charge in [0.15, 0.2) is 0 Å². The molecule has 0 spiro atoms. The lowest BCUT2D eigenvalue weighted by molar-refractivity contribution is -0.0111. The first-order chi connectivity index (χ1) is 9.29. The molecule has 1 unspecified atom stereocenters. The maximum absolute atomic E-state index is 13.2. The van der Waals surface area contributed by atoms with Crippen LogP contribution in [0.4, 0.5) is 4.39 Å². The summed E-state index contributed by atoms with van der Waals surface area (Å²) in [5.41, 5.74) is 0.449. The molecule has 102 valence electrons. The lowest BCUT2D eigenvalue weighted by Crippen LogP contribution is -2.25. The zero-order valence-corrected chi connectivity index (χ0v) is 10.7. The van der Waals surface area contributed by atoms with Gasteiger partial charge < -0.3 is 14.6 Å². The Hall–Kier alpha value is -1.57. The van der Waals surface area contributed by atoms with Crippen LogP contribution in [-0.4, -0.2) is 31.0 Å². The van der Waals surface area contributed by atoms with Gasteiger partial charge in [-0.15, -0.1) is 0 Å². The fraction of sp³-hybridized carbons (Fsp3) is 0.467. The highest BCUT2D eigenvalue weighted by atomic mass is 19.1. The van der Waals surface area contributed by atoms with Gasteiger partial charge in [0.05, 0.1) is 11.7 Å². The number of rotatable bonds is 3. The van der Waals surface area contributed by atoms with Crippen molar-refractivity contribution in [3.8, 4) is 17.6 Å². The van der Waals surface area contributed by atoms with Crippen molar-refractivity contribution in [2.45, 2.75) is 25.4 Å². The molecule has 1 atom stereocenters. The van der Waals surface area contributed by atoms with Crippen LogP contribution < -0.4 is 4.74 Å². The van der Waals surface area contributed by atoms with Crippen molar-refractivity contribution in [2.24, 2.45) is 0 Å². The van der Waals surface area contributed by atoms with Crippen molar-refractivity contribution >= 4 is 0 Å². The fourth-order valence-corrected chi connectivity index (χ4v) is 1.98. The Morgan fingerprint density at radius 2 is 2.32 bits per heavy atom. The van der Waals surface area contributed by atoms with E-state index in [1.54, 1.807) is 6.07 Å². The van der Waals surface area contributed by atoms with Gasteiger partial charge in [0.25, 0.3) is 0 Å². The molecule has 1 fully saturated rings. The predicted octanol–water partition coefficient (Wildman–Crippen LogP) is 2.12. The van der Waals surface area contributed by atoms with Crippen LogP contribution in [0.25, 0.3) is 0 Å². The third-order valence-corrected chi connectivity index (χ3v) is 2.94. The Morgan fingerprint density at radius 1 is 1.42 bits per heavy atom. The molecule has 0 bridgehead atoms. The van der Waals surface area contributed by atoms with Gasteiger partial charge in [0.2, 0.25) is 0 Å². The molecule has 0 aliphatic carbocycles. The van der Waals surface area contributed by atoms with E-state index in [9.17, 15) is 4.39 Å². The van der Waals surface area contributed by atoms with Gasteiger partial charge in [-0.25, -0.2) is 4.39 Å². The minimum atomic E-state index is -0.372. The number of aliphatic hydroxyl groups excluding tert-OH is 1. The minimum Gasteiger partial charge on any atom is -0.490 e. The molecule has 1 aliphatic rings. The molecular formula is C15H17FO3. The molecule has 0 amide bonds. The quantitative estimate of drug-likeness (QED) is 0.850. The molecule has 1 N–H and O–H groups in total. The number of benzene rings is 1. The number of ether oxygens (including phenoxy) is 2. The van der Waals surface area contributed by atoms with E-state index in [1.165, 1.54) is 12.1 Å². The second-order valence-electron chi connectivity index (χ2n) is 4.40. The minimum absolute atomic E-state index is 0.0949. The van der Waals surface area contributed by atoms with Gasteiger partial charge >= 0.3 is 0 Å². The summed E-state index contributed by atoms with van der Waals surface area (Å²) in [7, 11) is 0. The third kappa shape index (κ3) is 4.23. The van der Waals surface area contributed by atoms with Crippen LogP contribution in [0.5, 0.6) is 5.75 Å². The third-order valence-electron chi connectivity index (χ3n) is 2.94. The van der Waals surface area contributed by atoms with Gasteiger partial charge in [-0.2, -0.15) is 0 Å². The van der Waals surface area contributed by atoms with Crippen molar-refractivity contribution in [1.82, 2.24) is 0 Å². The SMILES string of the molecule is OCC#Cc1cc(F)ccc1OCC1CCCCO1. The largest absolute Gasteiger partial charge is 0.490 e.